The molecule has 1 aliphatic heterocycles. The zero-order chi connectivity index (χ0) is 24.5. The number of aromatic nitrogens is 3. The molecular weight excluding hydrogens is 458 g/mol. The second kappa shape index (κ2) is 9.70. The maximum absolute atomic E-state index is 13.3. The molecule has 1 aliphatic rings. The lowest BCUT2D eigenvalue weighted by atomic mass is 9.99. The van der Waals surface area contributed by atoms with E-state index in [-0.39, 0.29) is 5.91 Å². The number of thiophene rings is 1. The lowest BCUT2D eigenvalue weighted by molar-refractivity contribution is -0.889. The van der Waals surface area contributed by atoms with Crippen molar-refractivity contribution in [1.29, 1.82) is 0 Å². The monoisotopic (exact) mass is 490 g/mol. The number of hydrogen-bond donors (Lipinski definition) is 1. The minimum atomic E-state index is -0.106. The van der Waals surface area contributed by atoms with Crippen LogP contribution in [0.15, 0.2) is 48.9 Å². The third-order valence-electron chi connectivity index (χ3n) is 6.78. The number of rotatable bonds is 6. The molecule has 0 bridgehead atoms. The first kappa shape index (κ1) is 23.4. The number of aryl methyl sites for hydroxylation is 2. The van der Waals surface area contributed by atoms with E-state index in [0.29, 0.717) is 12.1 Å². The highest BCUT2D eigenvalue weighted by Gasteiger charge is 2.22. The van der Waals surface area contributed by atoms with Crippen LogP contribution < -0.4 is 19.8 Å². The van der Waals surface area contributed by atoms with Gasteiger partial charge in [-0.25, -0.2) is 4.98 Å². The quantitative estimate of drug-likeness (QED) is 0.412. The average molecular weight is 491 g/mol. The van der Waals surface area contributed by atoms with Gasteiger partial charge in [-0.3, -0.25) is 14.0 Å². The largest absolute Gasteiger partial charge is 0.368 e. The van der Waals surface area contributed by atoms with Crippen molar-refractivity contribution in [1.82, 2.24) is 14.7 Å². The molecule has 0 radical (unpaired) electrons. The summed E-state index contributed by atoms with van der Waals surface area (Å²) in [5.41, 5.74) is 5.53. The molecule has 7 nitrogen and oxygen atoms in total. The Labute approximate surface area is 210 Å². The van der Waals surface area contributed by atoms with Gasteiger partial charge in [-0.2, -0.15) is 0 Å². The van der Waals surface area contributed by atoms with Crippen LogP contribution in [0.25, 0.3) is 16.2 Å². The first-order valence-electron chi connectivity index (χ1n) is 12.1. The fraction of sp³-hybridized carbons (Fsp3) is 0.370. The number of pyridine rings is 2. The fourth-order valence-corrected chi connectivity index (χ4v) is 5.49. The summed E-state index contributed by atoms with van der Waals surface area (Å²) in [6.07, 6.45) is 8.03. The number of piperidine rings is 1. The molecule has 35 heavy (non-hydrogen) atoms. The number of imidazole rings is 1. The summed E-state index contributed by atoms with van der Waals surface area (Å²) in [6, 6.07) is 10.2. The number of nitrogens with one attached hydrogen (secondary N) is 1. The lowest BCUT2D eigenvalue weighted by Gasteiger charge is -2.32. The van der Waals surface area contributed by atoms with Crippen LogP contribution in [0.5, 0.6) is 0 Å². The molecule has 1 amide bonds. The molecule has 4 aromatic heterocycles. The van der Waals surface area contributed by atoms with Crippen LogP contribution >= 0.6 is 11.3 Å². The summed E-state index contributed by atoms with van der Waals surface area (Å²) >= 11 is 1.74. The topological polar surface area (TPSA) is 62.8 Å². The van der Waals surface area contributed by atoms with Gasteiger partial charge in [-0.1, -0.05) is 6.92 Å². The Hall–Kier alpha value is -3.39. The molecule has 8 heteroatoms. The smallest absolute Gasteiger partial charge is 0.253 e. The Kier molecular flexibility index (Phi) is 6.47. The number of carbonyl (C=O) groups excluding carboxylic acids is 1. The molecule has 4 aromatic rings. The molecule has 0 aliphatic carbocycles. The molecular formula is C27H32N5O2S+. The van der Waals surface area contributed by atoms with E-state index in [4.69, 9.17) is 9.82 Å². The van der Waals surface area contributed by atoms with Crippen molar-refractivity contribution in [3.63, 3.8) is 0 Å². The van der Waals surface area contributed by atoms with Crippen molar-refractivity contribution < 1.29 is 14.4 Å². The van der Waals surface area contributed by atoms with Gasteiger partial charge in [-0.15, -0.1) is 11.3 Å². The molecule has 1 N–H and O–H groups in total. The van der Waals surface area contributed by atoms with Gasteiger partial charge in [-0.05, 0) is 49.9 Å². The summed E-state index contributed by atoms with van der Waals surface area (Å²) in [6.45, 7) is 8.75. The summed E-state index contributed by atoms with van der Waals surface area (Å²) in [5, 5.41) is 3.09. The van der Waals surface area contributed by atoms with E-state index in [1.165, 1.54) is 4.88 Å². The number of fused-ring (bicyclic) bond motifs is 1. The second-order valence-corrected chi connectivity index (χ2v) is 10.7. The van der Waals surface area contributed by atoms with Gasteiger partial charge < -0.3 is 10.2 Å². The molecule has 182 valence electrons. The van der Waals surface area contributed by atoms with Crippen LogP contribution in [-0.2, 0) is 6.54 Å². The van der Waals surface area contributed by atoms with E-state index in [1.807, 2.05) is 43.7 Å². The maximum atomic E-state index is 13.3. The lowest BCUT2D eigenvalue weighted by Crippen LogP contribution is -2.43. The van der Waals surface area contributed by atoms with E-state index in [0.717, 1.165) is 65.0 Å². The van der Waals surface area contributed by atoms with Crippen LogP contribution in [0.4, 0.5) is 5.69 Å². The Morgan fingerprint density at radius 2 is 2.03 bits per heavy atom. The number of carbonyl (C=O) groups is 1. The predicted octanol–water partition coefficient (Wildman–Crippen LogP) is 4.19. The normalized spacial score (nSPS) is 14.5. The molecule has 1 saturated heterocycles. The van der Waals surface area contributed by atoms with Crippen molar-refractivity contribution >= 4 is 28.6 Å². The molecule has 5 heterocycles. The van der Waals surface area contributed by atoms with Crippen LogP contribution in [-0.4, -0.2) is 35.5 Å². The highest BCUT2D eigenvalue weighted by Crippen LogP contribution is 2.33. The fourth-order valence-electron chi connectivity index (χ4n) is 4.61. The van der Waals surface area contributed by atoms with Gasteiger partial charge in [0.05, 0.1) is 28.0 Å². The van der Waals surface area contributed by atoms with Gasteiger partial charge in [0.1, 0.15) is 7.11 Å². The van der Waals surface area contributed by atoms with E-state index in [9.17, 15) is 4.79 Å². The predicted molar refractivity (Wildman–Crippen MR) is 139 cm³/mol. The van der Waals surface area contributed by atoms with Crippen molar-refractivity contribution in [3.05, 3.63) is 70.6 Å². The standard InChI is InChI=1S/C27H31N5O2S/c1-18-9-11-30(12-10-18)23-13-22(27(33)29-14-21-7-5-19(2)32(16-21)34-4)17-31-24(15-28-26(23)31)25-8-6-20(3)35-25/h5-8,13,15-18H,9-12,14H2,1-4H3/p+1. The van der Waals surface area contributed by atoms with Gasteiger partial charge >= 0.3 is 0 Å². The Bertz CT molecular complexity index is 1370. The number of anilines is 1. The van der Waals surface area contributed by atoms with Crippen LogP contribution in [0.1, 0.15) is 46.3 Å². The highest BCUT2D eigenvalue weighted by molar-refractivity contribution is 7.15. The number of nitrogens with zero attached hydrogens (tertiary/aromatic N) is 4. The molecule has 5 rings (SSSR count). The summed E-state index contributed by atoms with van der Waals surface area (Å²) in [5.74, 6) is 0.618. The van der Waals surface area contributed by atoms with Gasteiger partial charge in [0.25, 0.3) is 5.91 Å². The van der Waals surface area contributed by atoms with E-state index in [2.05, 4.69) is 40.6 Å². The van der Waals surface area contributed by atoms with Gasteiger partial charge in [0.15, 0.2) is 5.65 Å². The number of hydrogen-bond acceptors (Lipinski definition) is 5. The van der Waals surface area contributed by atoms with E-state index < -0.39 is 0 Å². The molecule has 0 spiro atoms. The van der Waals surface area contributed by atoms with Crippen molar-refractivity contribution in [2.75, 3.05) is 25.1 Å². The highest BCUT2D eigenvalue weighted by atomic mass is 32.1. The molecule has 0 atom stereocenters. The minimum absolute atomic E-state index is 0.106. The third-order valence-corrected chi connectivity index (χ3v) is 7.81. The third kappa shape index (κ3) is 4.75. The Balaban J connectivity index is 1.49. The second-order valence-electron chi connectivity index (χ2n) is 9.40. The Morgan fingerprint density at radius 3 is 2.74 bits per heavy atom. The summed E-state index contributed by atoms with van der Waals surface area (Å²) in [7, 11) is 1.63. The van der Waals surface area contributed by atoms with Gasteiger partial charge in [0.2, 0.25) is 11.9 Å². The molecule has 0 aromatic carbocycles. The number of amides is 1. The first-order chi connectivity index (χ1) is 16.9. The SMILES string of the molecule is CO[n+]1cc(CNC(=O)c2cc(N3CCC(C)CC3)c3ncc(-c4ccc(C)s4)n3c2)ccc1C. The Morgan fingerprint density at radius 1 is 1.23 bits per heavy atom. The minimum Gasteiger partial charge on any atom is -0.368 e. The van der Waals surface area contributed by atoms with E-state index in [1.54, 1.807) is 23.2 Å². The maximum Gasteiger partial charge on any atom is 0.253 e. The van der Waals surface area contributed by atoms with Crippen molar-refractivity contribution in [2.45, 2.75) is 40.2 Å². The summed E-state index contributed by atoms with van der Waals surface area (Å²) in [4.78, 5) is 28.3. The van der Waals surface area contributed by atoms with Crippen LogP contribution in [0, 0.1) is 19.8 Å². The average Bonchev–Trinajstić information content (AvgIpc) is 3.49. The van der Waals surface area contributed by atoms with Gasteiger partial charge in [0, 0.05) is 54.0 Å². The molecule has 0 saturated carbocycles. The summed E-state index contributed by atoms with van der Waals surface area (Å²) < 4.78 is 3.78. The molecule has 1 fully saturated rings. The van der Waals surface area contributed by atoms with E-state index >= 15 is 0 Å². The van der Waals surface area contributed by atoms with Crippen LogP contribution in [0.3, 0.4) is 0 Å². The van der Waals surface area contributed by atoms with Crippen molar-refractivity contribution in [3.8, 4) is 10.6 Å². The first-order valence-corrected chi connectivity index (χ1v) is 12.9. The zero-order valence-corrected chi connectivity index (χ0v) is 21.6. The molecule has 0 unspecified atom stereocenters. The zero-order valence-electron chi connectivity index (χ0n) is 20.7. The van der Waals surface area contributed by atoms with Crippen molar-refractivity contribution in [2.24, 2.45) is 5.92 Å². The van der Waals surface area contributed by atoms with Crippen LogP contribution in [0.2, 0.25) is 0 Å².